The monoisotopic (exact) mass is 202 g/mol. The molecule has 0 atom stereocenters. The summed E-state index contributed by atoms with van der Waals surface area (Å²) in [4.78, 5) is 21.4. The van der Waals surface area contributed by atoms with Crippen molar-refractivity contribution in [1.29, 1.82) is 0 Å². The number of ether oxygens (including phenoxy) is 1. The van der Waals surface area contributed by atoms with Gasteiger partial charge >= 0.3 is 11.9 Å². The van der Waals surface area contributed by atoms with Gasteiger partial charge in [-0.3, -0.25) is 0 Å². The van der Waals surface area contributed by atoms with Gasteiger partial charge in [0.15, 0.2) is 0 Å². The number of carbonyl (C=O) groups is 2. The van der Waals surface area contributed by atoms with E-state index < -0.39 is 17.7 Å². The Morgan fingerprint density at radius 1 is 1.21 bits per heavy atom. The molecule has 0 heterocycles. The van der Waals surface area contributed by atoms with Crippen LogP contribution in [0.1, 0.15) is 27.2 Å². The lowest BCUT2D eigenvalue weighted by atomic mass is 10.1. The fourth-order valence-electron chi connectivity index (χ4n) is 0.895. The van der Waals surface area contributed by atoms with Crippen LogP contribution in [0.4, 0.5) is 0 Å². The molecule has 0 rings (SSSR count). The van der Waals surface area contributed by atoms with Crippen LogP contribution in [0.15, 0.2) is 11.3 Å². The van der Waals surface area contributed by atoms with Gasteiger partial charge in [-0.2, -0.15) is 0 Å². The Labute approximate surface area is 82.0 Å². The standard InChI is InChI=1S/C9H14O5/c1-4-6(8(10)11)7(9(12)13)14-5(2)3/h5H,4H2,1-3H3,(H,10,11)(H,12,13)/b7-6+. The number of carboxylic acids is 2. The summed E-state index contributed by atoms with van der Waals surface area (Å²) < 4.78 is 4.93. The van der Waals surface area contributed by atoms with Gasteiger partial charge in [0.2, 0.25) is 5.76 Å². The van der Waals surface area contributed by atoms with Gasteiger partial charge in [0.25, 0.3) is 0 Å². The summed E-state index contributed by atoms with van der Waals surface area (Å²) in [5, 5.41) is 17.4. The maximum absolute atomic E-state index is 10.7. The maximum Gasteiger partial charge on any atom is 0.371 e. The van der Waals surface area contributed by atoms with Crippen molar-refractivity contribution in [3.63, 3.8) is 0 Å². The van der Waals surface area contributed by atoms with Gasteiger partial charge in [-0.05, 0) is 20.3 Å². The number of rotatable bonds is 5. The van der Waals surface area contributed by atoms with Crippen LogP contribution in [0, 0.1) is 0 Å². The number of hydrogen-bond acceptors (Lipinski definition) is 3. The molecule has 2 N–H and O–H groups in total. The molecule has 14 heavy (non-hydrogen) atoms. The molecule has 0 aliphatic carbocycles. The Morgan fingerprint density at radius 3 is 1.93 bits per heavy atom. The van der Waals surface area contributed by atoms with Gasteiger partial charge in [0.05, 0.1) is 11.7 Å². The van der Waals surface area contributed by atoms with Gasteiger partial charge in [-0.15, -0.1) is 0 Å². The zero-order valence-corrected chi connectivity index (χ0v) is 8.40. The van der Waals surface area contributed by atoms with Crippen LogP contribution in [0.3, 0.4) is 0 Å². The molecule has 0 aromatic heterocycles. The summed E-state index contributed by atoms with van der Waals surface area (Å²) in [6.07, 6.45) is -0.244. The number of hydrogen-bond donors (Lipinski definition) is 2. The van der Waals surface area contributed by atoms with E-state index in [1.807, 2.05) is 0 Å². The van der Waals surface area contributed by atoms with Gasteiger partial charge in [0.1, 0.15) is 0 Å². The molecular weight excluding hydrogens is 188 g/mol. The van der Waals surface area contributed by atoms with Crippen LogP contribution in [-0.4, -0.2) is 28.3 Å². The Kier molecular flexibility index (Phi) is 4.69. The molecule has 0 aliphatic heterocycles. The zero-order valence-electron chi connectivity index (χ0n) is 8.40. The Morgan fingerprint density at radius 2 is 1.71 bits per heavy atom. The van der Waals surface area contributed by atoms with E-state index >= 15 is 0 Å². The van der Waals surface area contributed by atoms with E-state index in [1.54, 1.807) is 20.8 Å². The molecular formula is C9H14O5. The van der Waals surface area contributed by atoms with Crippen LogP contribution in [0.25, 0.3) is 0 Å². The molecule has 0 saturated heterocycles. The predicted octanol–water partition coefficient (Wildman–Crippen LogP) is 1.24. The molecule has 0 amide bonds. The number of aliphatic carboxylic acids is 2. The predicted molar refractivity (Wildman–Crippen MR) is 48.8 cm³/mol. The van der Waals surface area contributed by atoms with Crippen molar-refractivity contribution in [1.82, 2.24) is 0 Å². The Balaban J connectivity index is 5.10. The topological polar surface area (TPSA) is 83.8 Å². The molecule has 0 fully saturated rings. The first-order chi connectivity index (χ1) is 6.40. The molecule has 0 bridgehead atoms. The summed E-state index contributed by atoms with van der Waals surface area (Å²) in [5.74, 6) is -3.08. The minimum Gasteiger partial charge on any atom is -0.483 e. The van der Waals surface area contributed by atoms with Crippen molar-refractivity contribution in [3.8, 4) is 0 Å². The highest BCUT2D eigenvalue weighted by molar-refractivity contribution is 5.97. The first-order valence-electron chi connectivity index (χ1n) is 4.26. The zero-order chi connectivity index (χ0) is 11.3. The van der Waals surface area contributed by atoms with Crippen molar-refractivity contribution in [3.05, 3.63) is 11.3 Å². The maximum atomic E-state index is 10.7. The summed E-state index contributed by atoms with van der Waals surface area (Å²) >= 11 is 0. The van der Waals surface area contributed by atoms with Crippen LogP contribution < -0.4 is 0 Å². The Hall–Kier alpha value is -1.52. The van der Waals surface area contributed by atoms with E-state index in [4.69, 9.17) is 14.9 Å². The fraction of sp³-hybridized carbons (Fsp3) is 0.556. The highest BCUT2D eigenvalue weighted by Gasteiger charge is 2.21. The molecule has 5 heteroatoms. The van der Waals surface area contributed by atoms with E-state index in [1.165, 1.54) is 0 Å². The first kappa shape index (κ1) is 12.5. The van der Waals surface area contributed by atoms with E-state index in [9.17, 15) is 9.59 Å². The summed E-state index contributed by atoms with van der Waals surface area (Å²) in [7, 11) is 0. The highest BCUT2D eigenvalue weighted by atomic mass is 16.5. The van der Waals surface area contributed by atoms with Crippen molar-refractivity contribution >= 4 is 11.9 Å². The highest BCUT2D eigenvalue weighted by Crippen LogP contribution is 2.13. The smallest absolute Gasteiger partial charge is 0.371 e. The SMILES string of the molecule is CC/C(C(=O)O)=C(\OC(C)C)C(=O)O. The molecule has 0 aromatic carbocycles. The quantitative estimate of drug-likeness (QED) is 0.517. The molecule has 0 aliphatic rings. The number of carboxylic acid groups (broad SMARTS) is 2. The second-order valence-corrected chi connectivity index (χ2v) is 2.94. The molecule has 0 spiro atoms. The van der Waals surface area contributed by atoms with Crippen LogP contribution in [0.2, 0.25) is 0 Å². The first-order valence-corrected chi connectivity index (χ1v) is 4.26. The average Bonchev–Trinajstić information content (AvgIpc) is 2.02. The summed E-state index contributed by atoms with van der Waals surface area (Å²) in [6.45, 7) is 4.84. The van der Waals surface area contributed by atoms with Crippen LogP contribution >= 0.6 is 0 Å². The van der Waals surface area contributed by atoms with Gasteiger partial charge in [-0.25, -0.2) is 9.59 Å². The van der Waals surface area contributed by atoms with Crippen molar-refractivity contribution in [2.75, 3.05) is 0 Å². The van der Waals surface area contributed by atoms with Gasteiger partial charge < -0.3 is 14.9 Å². The molecule has 0 saturated carbocycles. The van der Waals surface area contributed by atoms with Crippen molar-refractivity contribution < 1.29 is 24.5 Å². The molecule has 0 aromatic rings. The van der Waals surface area contributed by atoms with Gasteiger partial charge in [-0.1, -0.05) is 6.92 Å². The van der Waals surface area contributed by atoms with Crippen molar-refractivity contribution in [2.45, 2.75) is 33.3 Å². The summed E-state index contributed by atoms with van der Waals surface area (Å²) in [6, 6.07) is 0. The minimum absolute atomic E-state index is 0.115. The third kappa shape index (κ3) is 3.47. The van der Waals surface area contributed by atoms with E-state index in [2.05, 4.69) is 0 Å². The molecule has 5 nitrogen and oxygen atoms in total. The lowest BCUT2D eigenvalue weighted by Crippen LogP contribution is -2.16. The Bertz CT molecular complexity index is 264. The average molecular weight is 202 g/mol. The molecule has 0 unspecified atom stereocenters. The van der Waals surface area contributed by atoms with E-state index in [-0.39, 0.29) is 18.1 Å². The third-order valence-electron chi connectivity index (χ3n) is 1.43. The van der Waals surface area contributed by atoms with E-state index in [0.717, 1.165) is 0 Å². The lowest BCUT2D eigenvalue weighted by Gasteiger charge is -2.12. The minimum atomic E-state index is -1.35. The largest absolute Gasteiger partial charge is 0.483 e. The fourth-order valence-corrected chi connectivity index (χ4v) is 0.895. The summed E-state index contributed by atoms with van der Waals surface area (Å²) in [5.41, 5.74) is -0.216. The normalized spacial score (nSPS) is 12.3. The third-order valence-corrected chi connectivity index (χ3v) is 1.43. The van der Waals surface area contributed by atoms with E-state index in [0.29, 0.717) is 0 Å². The molecule has 80 valence electrons. The van der Waals surface area contributed by atoms with Crippen LogP contribution in [0.5, 0.6) is 0 Å². The lowest BCUT2D eigenvalue weighted by molar-refractivity contribution is -0.140. The molecule has 0 radical (unpaired) electrons. The second kappa shape index (κ2) is 5.26. The van der Waals surface area contributed by atoms with Gasteiger partial charge in [0, 0.05) is 0 Å². The second-order valence-electron chi connectivity index (χ2n) is 2.94. The van der Waals surface area contributed by atoms with Crippen LogP contribution in [-0.2, 0) is 14.3 Å². The van der Waals surface area contributed by atoms with Crippen molar-refractivity contribution in [2.24, 2.45) is 0 Å².